The van der Waals surface area contributed by atoms with Crippen LogP contribution in [-0.2, 0) is 12.7 Å². The molecule has 134 valence electrons. The number of alkyl halides is 3. The van der Waals surface area contributed by atoms with Crippen molar-refractivity contribution in [1.82, 2.24) is 5.32 Å². The van der Waals surface area contributed by atoms with E-state index in [4.69, 9.17) is 9.47 Å². The molecule has 0 spiro atoms. The SMILES string of the molecule is COc1ccc(CNC(=O)Nc2ccccc2C(F)(F)F)cc1OC. The number of halogens is 3. The summed E-state index contributed by atoms with van der Waals surface area (Å²) in [7, 11) is 2.98. The Morgan fingerprint density at radius 1 is 1.04 bits per heavy atom. The van der Waals surface area contributed by atoms with E-state index in [0.29, 0.717) is 17.1 Å². The monoisotopic (exact) mass is 354 g/mol. The van der Waals surface area contributed by atoms with E-state index in [1.165, 1.54) is 32.4 Å². The number of carbonyl (C=O) groups is 1. The fourth-order valence-electron chi connectivity index (χ4n) is 2.18. The molecule has 0 aliphatic rings. The number of methoxy groups -OCH3 is 2. The third-order valence-electron chi connectivity index (χ3n) is 3.38. The Labute approximate surface area is 142 Å². The molecule has 5 nitrogen and oxygen atoms in total. The average Bonchev–Trinajstić information content (AvgIpc) is 2.59. The molecule has 0 aliphatic carbocycles. The number of hydrogen-bond acceptors (Lipinski definition) is 3. The molecule has 0 unspecified atom stereocenters. The molecule has 0 radical (unpaired) electrons. The van der Waals surface area contributed by atoms with E-state index in [2.05, 4.69) is 10.6 Å². The molecule has 2 amide bonds. The Bertz CT molecular complexity index is 748. The summed E-state index contributed by atoms with van der Waals surface area (Å²) in [6.45, 7) is 0.111. The zero-order valence-corrected chi connectivity index (χ0v) is 13.6. The Morgan fingerprint density at radius 3 is 2.36 bits per heavy atom. The first-order valence-corrected chi connectivity index (χ1v) is 7.27. The molecule has 2 rings (SSSR count). The van der Waals surface area contributed by atoms with E-state index in [-0.39, 0.29) is 12.2 Å². The summed E-state index contributed by atoms with van der Waals surface area (Å²) >= 11 is 0. The minimum absolute atomic E-state index is 0.111. The van der Waals surface area contributed by atoms with E-state index < -0.39 is 17.8 Å². The third-order valence-corrected chi connectivity index (χ3v) is 3.38. The number of urea groups is 1. The highest BCUT2D eigenvalue weighted by Gasteiger charge is 2.33. The fourth-order valence-corrected chi connectivity index (χ4v) is 2.18. The molecule has 2 aromatic rings. The molecule has 0 atom stereocenters. The second-order valence-electron chi connectivity index (χ2n) is 5.04. The molecule has 0 aliphatic heterocycles. The van der Waals surface area contributed by atoms with Gasteiger partial charge in [-0.3, -0.25) is 0 Å². The van der Waals surface area contributed by atoms with Gasteiger partial charge in [-0.15, -0.1) is 0 Å². The number of nitrogens with one attached hydrogen (secondary N) is 2. The molecule has 2 N–H and O–H groups in total. The Balaban J connectivity index is 2.03. The van der Waals surface area contributed by atoms with Crippen LogP contribution in [0, 0.1) is 0 Å². The lowest BCUT2D eigenvalue weighted by molar-refractivity contribution is -0.136. The van der Waals surface area contributed by atoms with E-state index >= 15 is 0 Å². The highest BCUT2D eigenvalue weighted by atomic mass is 19.4. The number of amides is 2. The summed E-state index contributed by atoms with van der Waals surface area (Å²) in [6.07, 6.45) is -4.55. The summed E-state index contributed by atoms with van der Waals surface area (Å²) in [6, 6.07) is 9.09. The molecule has 0 saturated heterocycles. The molecule has 2 aromatic carbocycles. The van der Waals surface area contributed by atoms with Crippen LogP contribution in [0.25, 0.3) is 0 Å². The van der Waals surface area contributed by atoms with Gasteiger partial charge in [-0.25, -0.2) is 4.79 Å². The standard InChI is InChI=1S/C17H17F3N2O3/c1-24-14-8-7-11(9-15(14)25-2)10-21-16(23)22-13-6-4-3-5-12(13)17(18,19)20/h3-9H,10H2,1-2H3,(H2,21,22,23). The highest BCUT2D eigenvalue weighted by molar-refractivity contribution is 5.90. The van der Waals surface area contributed by atoms with Crippen molar-refractivity contribution in [2.24, 2.45) is 0 Å². The lowest BCUT2D eigenvalue weighted by Crippen LogP contribution is -2.29. The van der Waals surface area contributed by atoms with Crippen molar-refractivity contribution in [3.8, 4) is 11.5 Å². The number of rotatable bonds is 5. The minimum Gasteiger partial charge on any atom is -0.493 e. The van der Waals surface area contributed by atoms with Crippen LogP contribution in [-0.4, -0.2) is 20.3 Å². The number of carbonyl (C=O) groups excluding carboxylic acids is 1. The van der Waals surface area contributed by atoms with Crippen LogP contribution in [0.3, 0.4) is 0 Å². The summed E-state index contributed by atoms with van der Waals surface area (Å²) in [5.74, 6) is 1.03. The van der Waals surface area contributed by atoms with Crippen LogP contribution >= 0.6 is 0 Å². The zero-order chi connectivity index (χ0) is 18.4. The van der Waals surface area contributed by atoms with Gasteiger partial charge in [-0.05, 0) is 29.8 Å². The zero-order valence-electron chi connectivity index (χ0n) is 13.6. The van der Waals surface area contributed by atoms with Crippen molar-refractivity contribution >= 4 is 11.7 Å². The van der Waals surface area contributed by atoms with Gasteiger partial charge in [0.15, 0.2) is 11.5 Å². The molecule has 25 heavy (non-hydrogen) atoms. The van der Waals surface area contributed by atoms with Gasteiger partial charge in [-0.2, -0.15) is 13.2 Å². The van der Waals surface area contributed by atoms with Crippen LogP contribution in [0.5, 0.6) is 11.5 Å². The quantitative estimate of drug-likeness (QED) is 0.852. The van der Waals surface area contributed by atoms with E-state index in [1.54, 1.807) is 18.2 Å². The molecule has 0 heterocycles. The molecule has 0 bridgehead atoms. The van der Waals surface area contributed by atoms with Crippen LogP contribution in [0.2, 0.25) is 0 Å². The summed E-state index contributed by atoms with van der Waals surface area (Å²) in [5, 5.41) is 4.71. The molecule has 0 aromatic heterocycles. The van der Waals surface area contributed by atoms with Gasteiger partial charge >= 0.3 is 12.2 Å². The predicted octanol–water partition coefficient (Wildman–Crippen LogP) is 4.04. The van der Waals surface area contributed by atoms with Gasteiger partial charge in [0.1, 0.15) is 0 Å². The maximum absolute atomic E-state index is 12.9. The Kier molecular flexibility index (Phi) is 5.74. The van der Waals surface area contributed by atoms with Crippen LogP contribution in [0.15, 0.2) is 42.5 Å². The topological polar surface area (TPSA) is 59.6 Å². The van der Waals surface area contributed by atoms with Crippen molar-refractivity contribution in [3.05, 3.63) is 53.6 Å². The number of hydrogen-bond donors (Lipinski definition) is 2. The molecular weight excluding hydrogens is 337 g/mol. The normalized spacial score (nSPS) is 10.9. The van der Waals surface area contributed by atoms with Crippen molar-refractivity contribution in [1.29, 1.82) is 0 Å². The molecule has 8 heteroatoms. The number of ether oxygens (including phenoxy) is 2. The van der Waals surface area contributed by atoms with Crippen molar-refractivity contribution in [3.63, 3.8) is 0 Å². The van der Waals surface area contributed by atoms with Crippen LogP contribution < -0.4 is 20.1 Å². The summed E-state index contributed by atoms with van der Waals surface area (Å²) in [4.78, 5) is 11.9. The van der Waals surface area contributed by atoms with Gasteiger partial charge < -0.3 is 20.1 Å². The molecule has 0 fully saturated rings. The first-order valence-electron chi connectivity index (χ1n) is 7.27. The van der Waals surface area contributed by atoms with Crippen molar-refractivity contribution in [2.45, 2.75) is 12.7 Å². The molecule has 0 saturated carbocycles. The van der Waals surface area contributed by atoms with Crippen molar-refractivity contribution in [2.75, 3.05) is 19.5 Å². The lowest BCUT2D eigenvalue weighted by atomic mass is 10.1. The Morgan fingerprint density at radius 2 is 1.72 bits per heavy atom. The van der Waals surface area contributed by atoms with E-state index in [9.17, 15) is 18.0 Å². The van der Waals surface area contributed by atoms with E-state index in [0.717, 1.165) is 6.07 Å². The van der Waals surface area contributed by atoms with Gasteiger partial charge in [0.25, 0.3) is 0 Å². The Hall–Kier alpha value is -2.90. The second-order valence-corrected chi connectivity index (χ2v) is 5.04. The smallest absolute Gasteiger partial charge is 0.418 e. The molecular formula is C17H17F3N2O3. The summed E-state index contributed by atoms with van der Waals surface area (Å²) < 4.78 is 49.0. The number of para-hydroxylation sites is 1. The number of anilines is 1. The largest absolute Gasteiger partial charge is 0.493 e. The maximum atomic E-state index is 12.9. The first-order chi connectivity index (χ1) is 11.8. The second kappa shape index (κ2) is 7.78. The van der Waals surface area contributed by atoms with Gasteiger partial charge in [0.2, 0.25) is 0 Å². The third kappa shape index (κ3) is 4.79. The maximum Gasteiger partial charge on any atom is 0.418 e. The predicted molar refractivity (Wildman–Crippen MR) is 86.8 cm³/mol. The average molecular weight is 354 g/mol. The fraction of sp³-hybridized carbons (Fsp3) is 0.235. The highest BCUT2D eigenvalue weighted by Crippen LogP contribution is 2.34. The minimum atomic E-state index is -4.55. The van der Waals surface area contributed by atoms with Gasteiger partial charge in [0, 0.05) is 6.54 Å². The first kappa shape index (κ1) is 18.4. The van der Waals surface area contributed by atoms with Gasteiger partial charge in [-0.1, -0.05) is 18.2 Å². The van der Waals surface area contributed by atoms with Crippen molar-refractivity contribution < 1.29 is 27.4 Å². The number of benzene rings is 2. The van der Waals surface area contributed by atoms with E-state index in [1.807, 2.05) is 0 Å². The lowest BCUT2D eigenvalue weighted by Gasteiger charge is -2.14. The van der Waals surface area contributed by atoms with Crippen LogP contribution in [0.4, 0.5) is 23.7 Å². The van der Waals surface area contributed by atoms with Gasteiger partial charge in [0.05, 0.1) is 25.5 Å². The van der Waals surface area contributed by atoms with Crippen LogP contribution in [0.1, 0.15) is 11.1 Å². The summed E-state index contributed by atoms with van der Waals surface area (Å²) in [5.41, 5.74) is -0.506.